The summed E-state index contributed by atoms with van der Waals surface area (Å²) in [5, 5.41) is 37.3. The molecule has 0 fully saturated rings. The van der Waals surface area contributed by atoms with Crippen LogP contribution in [-0.2, 0) is 4.79 Å². The molecule has 0 aromatic heterocycles. The lowest BCUT2D eigenvalue weighted by molar-refractivity contribution is -0.384. The van der Waals surface area contributed by atoms with Gasteiger partial charge in [-0.2, -0.15) is 0 Å². The maximum Gasteiger partial charge on any atom is 0.335 e. The van der Waals surface area contributed by atoms with Crippen LogP contribution in [-0.4, -0.2) is 32.3 Å². The van der Waals surface area contributed by atoms with Crippen molar-refractivity contribution in [2.75, 3.05) is 0 Å². The monoisotopic (exact) mass is 261 g/mol. The van der Waals surface area contributed by atoms with E-state index >= 15 is 0 Å². The predicted octanol–water partition coefficient (Wildman–Crippen LogP) is 0.727. The van der Waals surface area contributed by atoms with Gasteiger partial charge in [-0.25, -0.2) is 4.79 Å². The number of aliphatic carboxylic acids is 1. The first-order chi connectivity index (χ1) is 7.84. The van der Waals surface area contributed by atoms with Crippen molar-refractivity contribution < 1.29 is 25.0 Å². The van der Waals surface area contributed by atoms with E-state index < -0.39 is 23.1 Å². The van der Waals surface area contributed by atoms with Crippen molar-refractivity contribution >= 4 is 23.3 Å². The number of halogens is 1. The minimum absolute atomic E-state index is 0.0906. The molecule has 0 heterocycles. The summed E-state index contributed by atoms with van der Waals surface area (Å²) in [6.07, 6.45) is -3.80. The molecule has 0 spiro atoms. The Morgan fingerprint density at radius 1 is 1.41 bits per heavy atom. The van der Waals surface area contributed by atoms with Gasteiger partial charge in [-0.15, -0.1) is 0 Å². The molecule has 2 unspecified atom stereocenters. The van der Waals surface area contributed by atoms with Crippen molar-refractivity contribution in [3.63, 3.8) is 0 Å². The molecule has 0 saturated carbocycles. The molecule has 3 N–H and O–H groups in total. The van der Waals surface area contributed by atoms with Gasteiger partial charge in [0.15, 0.2) is 6.10 Å². The number of carboxylic acids is 1. The summed E-state index contributed by atoms with van der Waals surface area (Å²) in [5.41, 5.74) is -0.386. The van der Waals surface area contributed by atoms with E-state index in [1.165, 1.54) is 0 Å². The van der Waals surface area contributed by atoms with Gasteiger partial charge in [-0.1, -0.05) is 11.6 Å². The molecule has 0 radical (unpaired) electrons. The molecule has 1 aromatic rings. The number of aliphatic hydroxyl groups is 2. The number of hydrogen-bond acceptors (Lipinski definition) is 5. The molecule has 0 aliphatic carbocycles. The summed E-state index contributed by atoms with van der Waals surface area (Å²) in [6.45, 7) is 0. The quantitative estimate of drug-likeness (QED) is 0.542. The Hall–Kier alpha value is -1.70. The number of benzene rings is 1. The van der Waals surface area contributed by atoms with E-state index in [-0.39, 0.29) is 16.3 Å². The van der Waals surface area contributed by atoms with Gasteiger partial charge < -0.3 is 15.3 Å². The van der Waals surface area contributed by atoms with Crippen LogP contribution in [0.25, 0.3) is 0 Å². The Bertz CT molecular complexity index is 463. The molecular formula is C9H8ClNO6. The second-order valence-electron chi connectivity index (χ2n) is 3.19. The summed E-state index contributed by atoms with van der Waals surface area (Å²) >= 11 is 5.65. The number of non-ortho nitro benzene ring substituents is 1. The van der Waals surface area contributed by atoms with E-state index in [1.807, 2.05) is 0 Å². The summed E-state index contributed by atoms with van der Waals surface area (Å²) in [7, 11) is 0. The molecule has 1 aromatic carbocycles. The highest BCUT2D eigenvalue weighted by molar-refractivity contribution is 6.31. The Balaban J connectivity index is 3.08. The van der Waals surface area contributed by atoms with Crippen molar-refractivity contribution in [1.82, 2.24) is 0 Å². The van der Waals surface area contributed by atoms with Crippen molar-refractivity contribution in [3.8, 4) is 0 Å². The first-order valence-electron chi connectivity index (χ1n) is 4.37. The van der Waals surface area contributed by atoms with Gasteiger partial charge in [0.25, 0.3) is 5.69 Å². The van der Waals surface area contributed by atoms with Crippen molar-refractivity contribution in [2.24, 2.45) is 0 Å². The Morgan fingerprint density at radius 2 is 2.00 bits per heavy atom. The second kappa shape index (κ2) is 5.09. The van der Waals surface area contributed by atoms with Gasteiger partial charge in [0.05, 0.1) is 9.95 Å². The standard InChI is InChI=1S/C9H8ClNO6/c10-6-3-4(11(16)17)1-2-5(6)7(12)8(13)9(14)15/h1-3,7-8,12-13H,(H,14,15). The zero-order valence-electron chi connectivity index (χ0n) is 8.28. The largest absolute Gasteiger partial charge is 0.479 e. The molecule has 2 atom stereocenters. The molecule has 0 saturated heterocycles. The fourth-order valence-corrected chi connectivity index (χ4v) is 1.46. The number of carboxylic acid groups (broad SMARTS) is 1. The Morgan fingerprint density at radius 3 is 2.41 bits per heavy atom. The molecular weight excluding hydrogens is 254 g/mol. The van der Waals surface area contributed by atoms with Gasteiger partial charge >= 0.3 is 5.97 Å². The zero-order valence-corrected chi connectivity index (χ0v) is 9.03. The third kappa shape index (κ3) is 2.90. The average molecular weight is 262 g/mol. The molecule has 92 valence electrons. The van der Waals surface area contributed by atoms with Crippen LogP contribution in [0, 0.1) is 10.1 Å². The first-order valence-corrected chi connectivity index (χ1v) is 4.75. The van der Waals surface area contributed by atoms with E-state index in [1.54, 1.807) is 0 Å². The van der Waals surface area contributed by atoms with Crippen molar-refractivity contribution in [1.29, 1.82) is 0 Å². The maximum absolute atomic E-state index is 10.4. The van der Waals surface area contributed by atoms with Crippen molar-refractivity contribution in [2.45, 2.75) is 12.2 Å². The SMILES string of the molecule is O=C(O)C(O)C(O)c1ccc([N+](=O)[O-])cc1Cl. The minimum Gasteiger partial charge on any atom is -0.479 e. The second-order valence-corrected chi connectivity index (χ2v) is 3.60. The zero-order chi connectivity index (χ0) is 13.2. The number of nitrogens with zero attached hydrogens (tertiary/aromatic N) is 1. The molecule has 0 aliphatic heterocycles. The number of nitro groups is 1. The number of carbonyl (C=O) groups is 1. The lowest BCUT2D eigenvalue weighted by Crippen LogP contribution is -2.27. The van der Waals surface area contributed by atoms with Crippen LogP contribution < -0.4 is 0 Å². The van der Waals surface area contributed by atoms with Gasteiger partial charge in [-0.3, -0.25) is 10.1 Å². The number of nitro benzene ring substituents is 1. The normalized spacial score (nSPS) is 14.1. The highest BCUT2D eigenvalue weighted by Gasteiger charge is 2.27. The number of aliphatic hydroxyl groups excluding tert-OH is 2. The molecule has 0 amide bonds. The first kappa shape index (κ1) is 13.4. The molecule has 0 bridgehead atoms. The van der Waals surface area contributed by atoms with Crippen LogP contribution in [0.2, 0.25) is 5.02 Å². The minimum atomic E-state index is -2.05. The van der Waals surface area contributed by atoms with Gasteiger partial charge in [-0.05, 0) is 6.07 Å². The smallest absolute Gasteiger partial charge is 0.335 e. The maximum atomic E-state index is 10.4. The molecule has 7 nitrogen and oxygen atoms in total. The third-order valence-corrected chi connectivity index (χ3v) is 2.39. The Kier molecular flexibility index (Phi) is 4.00. The Labute approximate surface area is 100 Å². The molecule has 1 rings (SSSR count). The van der Waals surface area contributed by atoms with E-state index in [0.717, 1.165) is 18.2 Å². The van der Waals surface area contributed by atoms with Crippen LogP contribution in [0.1, 0.15) is 11.7 Å². The topological polar surface area (TPSA) is 121 Å². The highest BCUT2D eigenvalue weighted by atomic mass is 35.5. The lowest BCUT2D eigenvalue weighted by Gasteiger charge is -2.15. The van der Waals surface area contributed by atoms with Crippen molar-refractivity contribution in [3.05, 3.63) is 38.9 Å². The van der Waals surface area contributed by atoms with Gasteiger partial charge in [0, 0.05) is 17.7 Å². The van der Waals surface area contributed by atoms with Crippen LogP contribution >= 0.6 is 11.6 Å². The van der Waals surface area contributed by atoms with E-state index in [2.05, 4.69) is 0 Å². The van der Waals surface area contributed by atoms with Crippen LogP contribution in [0.5, 0.6) is 0 Å². The fraction of sp³-hybridized carbons (Fsp3) is 0.222. The molecule has 17 heavy (non-hydrogen) atoms. The molecule has 8 heteroatoms. The lowest BCUT2D eigenvalue weighted by atomic mass is 10.0. The van der Waals surface area contributed by atoms with E-state index in [0.29, 0.717) is 0 Å². The third-order valence-electron chi connectivity index (χ3n) is 2.07. The summed E-state index contributed by atoms with van der Waals surface area (Å²) in [4.78, 5) is 20.2. The van der Waals surface area contributed by atoms with E-state index in [9.17, 15) is 20.0 Å². The number of rotatable bonds is 4. The van der Waals surface area contributed by atoms with Crippen LogP contribution in [0.15, 0.2) is 18.2 Å². The molecule has 0 aliphatic rings. The van der Waals surface area contributed by atoms with E-state index in [4.69, 9.17) is 21.8 Å². The van der Waals surface area contributed by atoms with Crippen LogP contribution in [0.3, 0.4) is 0 Å². The fourth-order valence-electron chi connectivity index (χ4n) is 1.17. The van der Waals surface area contributed by atoms with Gasteiger partial charge in [0.1, 0.15) is 6.10 Å². The summed E-state index contributed by atoms with van der Waals surface area (Å²) in [6, 6.07) is 3.12. The number of hydrogen-bond donors (Lipinski definition) is 3. The summed E-state index contributed by atoms with van der Waals surface area (Å²) < 4.78 is 0. The summed E-state index contributed by atoms with van der Waals surface area (Å²) in [5.74, 6) is -1.62. The van der Waals surface area contributed by atoms with Crippen LogP contribution in [0.4, 0.5) is 5.69 Å². The average Bonchev–Trinajstić information content (AvgIpc) is 2.26. The predicted molar refractivity (Wildman–Crippen MR) is 56.7 cm³/mol. The highest BCUT2D eigenvalue weighted by Crippen LogP contribution is 2.29. The van der Waals surface area contributed by atoms with Gasteiger partial charge in [0.2, 0.25) is 0 Å².